The van der Waals surface area contributed by atoms with Crippen molar-refractivity contribution in [2.45, 2.75) is 0 Å². The fourth-order valence-electron chi connectivity index (χ4n) is 4.33. The normalized spacial score (nSPS) is 13.3. The van der Waals surface area contributed by atoms with Gasteiger partial charge in [0.2, 0.25) is 0 Å². The summed E-state index contributed by atoms with van der Waals surface area (Å²) in [6, 6.07) is 18.9. The maximum absolute atomic E-state index is 6.44. The van der Waals surface area contributed by atoms with Crippen molar-refractivity contribution in [3.05, 3.63) is 107 Å². The van der Waals surface area contributed by atoms with Gasteiger partial charge in [0, 0.05) is 49.9 Å². The standard InChI is InChI=1S/C27H18ClN3S2/c1-16-20-8-7-18(22-9-11-32-26(22)23-10-12-33-27(23)28)13-24(20)30-17(2)31(16)25-15-29-14-19-5-3-4-6-21(19)25/h3-15,30H,1-2H2. The number of halogens is 1. The first kappa shape index (κ1) is 20.2. The minimum absolute atomic E-state index is 0.745. The highest BCUT2D eigenvalue weighted by Crippen LogP contribution is 2.45. The highest BCUT2D eigenvalue weighted by molar-refractivity contribution is 7.17. The van der Waals surface area contributed by atoms with Crippen LogP contribution in [0.2, 0.25) is 4.34 Å². The van der Waals surface area contributed by atoms with Crippen molar-refractivity contribution in [3.8, 4) is 21.6 Å². The fourth-order valence-corrected chi connectivity index (χ4v) is 6.34. The molecule has 0 fully saturated rings. The number of pyridine rings is 1. The summed E-state index contributed by atoms with van der Waals surface area (Å²) in [6.45, 7) is 8.72. The maximum atomic E-state index is 6.44. The third-order valence-corrected chi connectivity index (χ3v) is 7.99. The number of anilines is 2. The monoisotopic (exact) mass is 483 g/mol. The third kappa shape index (κ3) is 3.28. The van der Waals surface area contributed by atoms with Gasteiger partial charge in [-0.25, -0.2) is 0 Å². The van der Waals surface area contributed by atoms with E-state index in [1.54, 1.807) is 22.7 Å². The lowest BCUT2D eigenvalue weighted by molar-refractivity contribution is 1.14. The van der Waals surface area contributed by atoms with E-state index in [2.05, 4.69) is 71.3 Å². The Morgan fingerprint density at radius 1 is 0.879 bits per heavy atom. The molecule has 33 heavy (non-hydrogen) atoms. The van der Waals surface area contributed by atoms with Gasteiger partial charge < -0.3 is 5.32 Å². The lowest BCUT2D eigenvalue weighted by Gasteiger charge is -2.35. The maximum Gasteiger partial charge on any atom is 0.108 e. The minimum atomic E-state index is 0.745. The number of hydrogen-bond acceptors (Lipinski definition) is 5. The first-order chi connectivity index (χ1) is 16.1. The summed E-state index contributed by atoms with van der Waals surface area (Å²) in [5.41, 5.74) is 7.22. The van der Waals surface area contributed by atoms with E-state index >= 15 is 0 Å². The molecule has 0 saturated heterocycles. The molecule has 0 unspecified atom stereocenters. The van der Waals surface area contributed by atoms with Gasteiger partial charge in [0.1, 0.15) is 10.2 Å². The summed E-state index contributed by atoms with van der Waals surface area (Å²) < 4.78 is 0.816. The molecule has 0 aliphatic carbocycles. The van der Waals surface area contributed by atoms with Crippen LogP contribution < -0.4 is 10.2 Å². The predicted molar refractivity (Wildman–Crippen MR) is 144 cm³/mol. The topological polar surface area (TPSA) is 28.2 Å². The second-order valence-corrected chi connectivity index (χ2v) is 10.2. The molecule has 6 rings (SSSR count). The first-order valence-corrected chi connectivity index (χ1v) is 12.5. The number of nitrogens with zero attached hydrogens (tertiary/aromatic N) is 2. The summed E-state index contributed by atoms with van der Waals surface area (Å²) in [4.78, 5) is 7.66. The number of thiophene rings is 2. The lowest BCUT2D eigenvalue weighted by atomic mass is 9.98. The van der Waals surface area contributed by atoms with E-state index in [-0.39, 0.29) is 0 Å². The van der Waals surface area contributed by atoms with Crippen molar-refractivity contribution in [1.29, 1.82) is 0 Å². The van der Waals surface area contributed by atoms with Crippen molar-refractivity contribution < 1.29 is 0 Å². The predicted octanol–water partition coefficient (Wildman–Crippen LogP) is 8.72. The lowest BCUT2D eigenvalue weighted by Crippen LogP contribution is -2.29. The van der Waals surface area contributed by atoms with Crippen LogP contribution in [0.5, 0.6) is 0 Å². The average Bonchev–Trinajstić information content (AvgIpc) is 3.47. The van der Waals surface area contributed by atoms with Crippen molar-refractivity contribution in [2.75, 3.05) is 10.2 Å². The Labute approximate surface area is 204 Å². The van der Waals surface area contributed by atoms with Crippen molar-refractivity contribution in [3.63, 3.8) is 0 Å². The van der Waals surface area contributed by atoms with E-state index < -0.39 is 0 Å². The van der Waals surface area contributed by atoms with Crippen LogP contribution in [0.15, 0.2) is 96.7 Å². The van der Waals surface area contributed by atoms with Gasteiger partial charge in [-0.1, -0.05) is 61.2 Å². The number of benzene rings is 2. The van der Waals surface area contributed by atoms with E-state index in [9.17, 15) is 0 Å². The molecule has 3 nitrogen and oxygen atoms in total. The molecule has 3 aromatic heterocycles. The van der Waals surface area contributed by atoms with Crippen LogP contribution >= 0.6 is 34.3 Å². The quantitative estimate of drug-likeness (QED) is 0.278. The fraction of sp³-hybridized carbons (Fsp3) is 0. The number of aromatic nitrogens is 1. The van der Waals surface area contributed by atoms with Crippen molar-refractivity contribution in [1.82, 2.24) is 4.98 Å². The minimum Gasteiger partial charge on any atom is -0.341 e. The summed E-state index contributed by atoms with van der Waals surface area (Å²) in [5, 5.41) is 9.81. The third-order valence-electron chi connectivity index (χ3n) is 5.88. The summed E-state index contributed by atoms with van der Waals surface area (Å²) in [7, 11) is 0. The molecular formula is C27H18ClN3S2. The zero-order chi connectivity index (χ0) is 22.5. The molecule has 0 saturated carbocycles. The van der Waals surface area contributed by atoms with Gasteiger partial charge in [-0.05, 0) is 34.5 Å². The Hall–Kier alpha value is -3.38. The second kappa shape index (κ2) is 7.89. The van der Waals surface area contributed by atoms with Gasteiger partial charge in [-0.3, -0.25) is 9.88 Å². The van der Waals surface area contributed by atoms with Crippen LogP contribution in [-0.4, -0.2) is 4.98 Å². The van der Waals surface area contributed by atoms with Crippen LogP contribution in [0, 0.1) is 0 Å². The molecule has 0 bridgehead atoms. The van der Waals surface area contributed by atoms with Gasteiger partial charge in [0.15, 0.2) is 0 Å². The molecule has 2 aromatic carbocycles. The Bertz CT molecular complexity index is 1560. The molecule has 0 radical (unpaired) electrons. The van der Waals surface area contributed by atoms with E-state index in [0.29, 0.717) is 0 Å². The number of hydrogen-bond donors (Lipinski definition) is 1. The number of rotatable bonds is 3. The highest BCUT2D eigenvalue weighted by Gasteiger charge is 2.26. The Kier molecular flexibility index (Phi) is 4.84. The second-order valence-electron chi connectivity index (χ2n) is 7.77. The molecule has 1 aliphatic heterocycles. The SMILES string of the molecule is C=C1Nc2cc(-c3ccsc3-c3ccsc3Cl)ccc2C(=C)N1c1cncc2ccccc12. The molecule has 160 valence electrons. The zero-order valence-electron chi connectivity index (χ0n) is 17.5. The summed E-state index contributed by atoms with van der Waals surface area (Å²) in [5.74, 6) is 0.745. The molecule has 0 amide bonds. The first-order valence-electron chi connectivity index (χ1n) is 10.3. The summed E-state index contributed by atoms with van der Waals surface area (Å²) >= 11 is 9.70. The van der Waals surface area contributed by atoms with E-state index in [0.717, 1.165) is 54.7 Å². The number of nitrogens with one attached hydrogen (secondary N) is 1. The largest absolute Gasteiger partial charge is 0.341 e. The van der Waals surface area contributed by atoms with E-state index in [1.807, 2.05) is 34.8 Å². The van der Waals surface area contributed by atoms with Gasteiger partial charge in [-0.2, -0.15) is 0 Å². The van der Waals surface area contributed by atoms with Gasteiger partial charge in [0.25, 0.3) is 0 Å². The Balaban J connectivity index is 1.42. The molecule has 1 aliphatic rings. The molecule has 1 N–H and O–H groups in total. The van der Waals surface area contributed by atoms with E-state index in [1.165, 1.54) is 10.4 Å². The van der Waals surface area contributed by atoms with Crippen LogP contribution in [0.1, 0.15) is 5.56 Å². The van der Waals surface area contributed by atoms with Gasteiger partial charge in [-0.15, -0.1) is 22.7 Å². The molecule has 4 heterocycles. The van der Waals surface area contributed by atoms with Crippen molar-refractivity contribution >= 4 is 62.1 Å². The van der Waals surface area contributed by atoms with Crippen LogP contribution in [0.3, 0.4) is 0 Å². The van der Waals surface area contributed by atoms with Crippen LogP contribution in [0.4, 0.5) is 11.4 Å². The molecule has 6 heteroatoms. The van der Waals surface area contributed by atoms with Crippen LogP contribution in [-0.2, 0) is 0 Å². The molecular weight excluding hydrogens is 466 g/mol. The van der Waals surface area contributed by atoms with Crippen LogP contribution in [0.25, 0.3) is 38.0 Å². The number of fused-ring (bicyclic) bond motifs is 2. The highest BCUT2D eigenvalue weighted by atomic mass is 35.5. The summed E-state index contributed by atoms with van der Waals surface area (Å²) in [6.07, 6.45) is 3.74. The molecule has 0 spiro atoms. The molecule has 5 aromatic rings. The zero-order valence-corrected chi connectivity index (χ0v) is 19.9. The average molecular weight is 484 g/mol. The Morgan fingerprint density at radius 2 is 1.70 bits per heavy atom. The van der Waals surface area contributed by atoms with E-state index in [4.69, 9.17) is 11.6 Å². The molecule has 0 atom stereocenters. The smallest absolute Gasteiger partial charge is 0.108 e. The van der Waals surface area contributed by atoms with Crippen molar-refractivity contribution in [2.24, 2.45) is 0 Å². The van der Waals surface area contributed by atoms with Gasteiger partial charge in [0.05, 0.1) is 11.9 Å². The van der Waals surface area contributed by atoms with Gasteiger partial charge >= 0.3 is 0 Å². The Morgan fingerprint density at radius 3 is 2.55 bits per heavy atom.